The van der Waals surface area contributed by atoms with Crippen LogP contribution < -0.4 is 0 Å². The molecular weight excluding hydrogens is 324 g/mol. The van der Waals surface area contributed by atoms with E-state index in [-0.39, 0.29) is 17.8 Å². The van der Waals surface area contributed by atoms with Crippen molar-refractivity contribution < 1.29 is 13.9 Å². The second kappa shape index (κ2) is 7.83. The van der Waals surface area contributed by atoms with Crippen molar-refractivity contribution in [3.63, 3.8) is 0 Å². The zero-order valence-electron chi connectivity index (χ0n) is 14.1. The van der Waals surface area contributed by atoms with E-state index in [1.807, 2.05) is 26.0 Å². The van der Waals surface area contributed by atoms with Crippen molar-refractivity contribution >= 4 is 17.7 Å². The summed E-state index contributed by atoms with van der Waals surface area (Å²) in [6, 6.07) is 6.11. The van der Waals surface area contributed by atoms with Crippen molar-refractivity contribution in [2.24, 2.45) is 0 Å². The Morgan fingerprint density at radius 2 is 1.88 bits per heavy atom. The van der Waals surface area contributed by atoms with Crippen LogP contribution in [0.1, 0.15) is 43.2 Å². The molecule has 24 heavy (non-hydrogen) atoms. The molecule has 0 amide bonds. The number of carbonyl (C=O) groups excluding carboxylic acids is 1. The van der Waals surface area contributed by atoms with Gasteiger partial charge in [0, 0.05) is 5.56 Å². The highest BCUT2D eigenvalue weighted by molar-refractivity contribution is 7.99. The molecule has 2 aromatic rings. The van der Waals surface area contributed by atoms with Gasteiger partial charge in [-0.15, -0.1) is 10.2 Å². The number of thioether (sulfide) groups is 1. The lowest BCUT2D eigenvalue weighted by Gasteiger charge is -2.21. The summed E-state index contributed by atoms with van der Waals surface area (Å²) in [6.45, 7) is 4.06. The van der Waals surface area contributed by atoms with Crippen molar-refractivity contribution in [2.75, 3.05) is 5.75 Å². The average molecular weight is 346 g/mol. The van der Waals surface area contributed by atoms with Gasteiger partial charge < -0.3 is 9.15 Å². The first-order valence-corrected chi connectivity index (χ1v) is 9.33. The van der Waals surface area contributed by atoms with Crippen LogP contribution in [0.5, 0.6) is 0 Å². The molecule has 3 rings (SSSR count). The third-order valence-corrected chi connectivity index (χ3v) is 4.83. The molecule has 6 heteroatoms. The first-order chi connectivity index (χ1) is 11.6. The molecule has 0 atom stereocenters. The van der Waals surface area contributed by atoms with Crippen LogP contribution in [0.2, 0.25) is 0 Å². The van der Waals surface area contributed by atoms with Crippen LogP contribution in [-0.2, 0) is 9.53 Å². The smallest absolute Gasteiger partial charge is 0.316 e. The van der Waals surface area contributed by atoms with Gasteiger partial charge in [0.2, 0.25) is 5.89 Å². The van der Waals surface area contributed by atoms with Crippen LogP contribution in [0.15, 0.2) is 27.8 Å². The van der Waals surface area contributed by atoms with E-state index >= 15 is 0 Å². The fourth-order valence-electron chi connectivity index (χ4n) is 3.01. The summed E-state index contributed by atoms with van der Waals surface area (Å²) in [5, 5.41) is 8.48. The molecule has 0 saturated heterocycles. The lowest BCUT2D eigenvalue weighted by Crippen LogP contribution is -2.21. The van der Waals surface area contributed by atoms with Crippen molar-refractivity contribution in [1.82, 2.24) is 10.2 Å². The molecule has 5 nitrogen and oxygen atoms in total. The zero-order chi connectivity index (χ0) is 16.9. The van der Waals surface area contributed by atoms with E-state index in [4.69, 9.17) is 9.15 Å². The Balaban J connectivity index is 1.55. The van der Waals surface area contributed by atoms with Gasteiger partial charge in [0.15, 0.2) is 0 Å². The topological polar surface area (TPSA) is 65.2 Å². The maximum Gasteiger partial charge on any atom is 0.316 e. The van der Waals surface area contributed by atoms with E-state index in [1.165, 1.54) is 18.2 Å². The Kier molecular flexibility index (Phi) is 5.56. The van der Waals surface area contributed by atoms with E-state index in [0.717, 1.165) is 42.4 Å². The van der Waals surface area contributed by atoms with Gasteiger partial charge in [-0.05, 0) is 51.7 Å². The minimum absolute atomic E-state index is 0.0837. The molecule has 1 heterocycles. The number of hydrogen-bond donors (Lipinski definition) is 0. The largest absolute Gasteiger partial charge is 0.462 e. The first kappa shape index (κ1) is 17.0. The van der Waals surface area contributed by atoms with Gasteiger partial charge in [-0.2, -0.15) is 0 Å². The Labute approximate surface area is 146 Å². The van der Waals surface area contributed by atoms with Gasteiger partial charge in [-0.1, -0.05) is 35.4 Å². The summed E-state index contributed by atoms with van der Waals surface area (Å²) in [6.07, 6.45) is 5.58. The number of aromatic nitrogens is 2. The number of hydrogen-bond acceptors (Lipinski definition) is 6. The SMILES string of the molecule is Cc1cc(C)cc(-c2nnc(SCC(=O)OC3CCCCC3)o2)c1. The highest BCUT2D eigenvalue weighted by Gasteiger charge is 2.18. The summed E-state index contributed by atoms with van der Waals surface area (Å²) in [5.41, 5.74) is 3.19. The number of nitrogens with zero attached hydrogens (tertiary/aromatic N) is 2. The van der Waals surface area contributed by atoms with Crippen LogP contribution in [-0.4, -0.2) is 28.0 Å². The third kappa shape index (κ3) is 4.60. The summed E-state index contributed by atoms with van der Waals surface area (Å²) >= 11 is 1.23. The van der Waals surface area contributed by atoms with Gasteiger partial charge in [0.05, 0.1) is 0 Å². The highest BCUT2D eigenvalue weighted by atomic mass is 32.2. The molecule has 0 aliphatic heterocycles. The molecule has 0 bridgehead atoms. The minimum atomic E-state index is -0.210. The van der Waals surface area contributed by atoms with Gasteiger partial charge >= 0.3 is 5.97 Å². The van der Waals surface area contributed by atoms with E-state index in [9.17, 15) is 4.79 Å². The summed E-state index contributed by atoms with van der Waals surface area (Å²) < 4.78 is 11.1. The summed E-state index contributed by atoms with van der Waals surface area (Å²) in [5.74, 6) is 0.466. The molecule has 0 unspecified atom stereocenters. The molecule has 0 N–H and O–H groups in total. The third-order valence-electron chi connectivity index (χ3n) is 4.04. The number of carbonyl (C=O) groups is 1. The Morgan fingerprint density at radius 1 is 1.17 bits per heavy atom. The van der Waals surface area contributed by atoms with Crippen molar-refractivity contribution in [1.29, 1.82) is 0 Å². The van der Waals surface area contributed by atoms with Crippen LogP contribution in [0.4, 0.5) is 0 Å². The standard InChI is InChI=1S/C18H22N2O3S/c1-12-8-13(2)10-14(9-12)17-19-20-18(23-17)24-11-16(21)22-15-6-4-3-5-7-15/h8-10,15H,3-7,11H2,1-2H3. The molecule has 1 saturated carbocycles. The molecule has 0 radical (unpaired) electrons. The number of aryl methyl sites for hydroxylation is 2. The number of rotatable bonds is 5. The molecule has 0 spiro atoms. The molecule has 1 aromatic carbocycles. The fraction of sp³-hybridized carbons (Fsp3) is 0.500. The maximum atomic E-state index is 11.9. The number of benzene rings is 1. The van der Waals surface area contributed by atoms with Crippen LogP contribution in [0.25, 0.3) is 11.5 Å². The number of esters is 1. The van der Waals surface area contributed by atoms with Gasteiger partial charge in [-0.3, -0.25) is 4.79 Å². The Hall–Kier alpha value is -1.82. The van der Waals surface area contributed by atoms with Crippen LogP contribution in [0.3, 0.4) is 0 Å². The normalized spacial score (nSPS) is 15.4. The monoisotopic (exact) mass is 346 g/mol. The Morgan fingerprint density at radius 3 is 2.58 bits per heavy atom. The van der Waals surface area contributed by atoms with E-state index in [0.29, 0.717) is 11.1 Å². The zero-order valence-corrected chi connectivity index (χ0v) is 14.9. The first-order valence-electron chi connectivity index (χ1n) is 8.34. The molecule has 1 aliphatic rings. The summed E-state index contributed by atoms with van der Waals surface area (Å²) in [4.78, 5) is 11.9. The van der Waals surface area contributed by atoms with E-state index < -0.39 is 0 Å². The van der Waals surface area contributed by atoms with Gasteiger partial charge in [0.25, 0.3) is 5.22 Å². The van der Waals surface area contributed by atoms with E-state index in [1.54, 1.807) is 0 Å². The quantitative estimate of drug-likeness (QED) is 0.593. The fourth-order valence-corrected chi connectivity index (χ4v) is 3.55. The molecular formula is C18H22N2O3S. The average Bonchev–Trinajstić information content (AvgIpc) is 3.02. The molecule has 128 valence electrons. The van der Waals surface area contributed by atoms with E-state index in [2.05, 4.69) is 16.3 Å². The highest BCUT2D eigenvalue weighted by Crippen LogP contribution is 2.26. The van der Waals surface area contributed by atoms with Crippen molar-refractivity contribution in [3.8, 4) is 11.5 Å². The lowest BCUT2D eigenvalue weighted by molar-refractivity contribution is -0.147. The second-order valence-corrected chi connectivity index (χ2v) is 7.21. The van der Waals surface area contributed by atoms with Gasteiger partial charge in [0.1, 0.15) is 11.9 Å². The van der Waals surface area contributed by atoms with Crippen LogP contribution >= 0.6 is 11.8 Å². The van der Waals surface area contributed by atoms with Crippen molar-refractivity contribution in [3.05, 3.63) is 29.3 Å². The Bertz CT molecular complexity index is 688. The molecule has 1 fully saturated rings. The minimum Gasteiger partial charge on any atom is -0.462 e. The molecule has 1 aliphatic carbocycles. The second-order valence-electron chi connectivity index (χ2n) is 6.29. The number of ether oxygens (including phenoxy) is 1. The van der Waals surface area contributed by atoms with Gasteiger partial charge in [-0.25, -0.2) is 0 Å². The molecule has 1 aromatic heterocycles. The predicted molar refractivity (Wildman–Crippen MR) is 92.9 cm³/mol. The van der Waals surface area contributed by atoms with Crippen molar-refractivity contribution in [2.45, 2.75) is 57.3 Å². The predicted octanol–water partition coefficient (Wildman–Crippen LogP) is 4.32. The van der Waals surface area contributed by atoms with Crippen LogP contribution in [0, 0.1) is 13.8 Å². The maximum absolute atomic E-state index is 11.9. The summed E-state index contributed by atoms with van der Waals surface area (Å²) in [7, 11) is 0. The lowest BCUT2D eigenvalue weighted by atomic mass is 9.98.